The molecule has 0 radical (unpaired) electrons. The van der Waals surface area contributed by atoms with Gasteiger partial charge in [-0.1, -0.05) is 0 Å². The van der Waals surface area contributed by atoms with Gasteiger partial charge in [-0.05, 0) is 0 Å². The third kappa shape index (κ3) is 4.85. The van der Waals surface area contributed by atoms with E-state index < -0.39 is 40.2 Å². The maximum atomic E-state index is 11.8. The number of alkyl halides is 2. The second kappa shape index (κ2) is 5.63. The fraction of sp³-hybridized carbons (Fsp3) is 0.667. The Bertz CT molecular complexity index is 258. The first-order chi connectivity index (χ1) is 6.34. The Hall–Kier alpha value is -1.05. The van der Waals surface area contributed by atoms with Crippen LogP contribution in [0, 0.1) is 0 Å². The van der Waals surface area contributed by atoms with E-state index in [0.717, 1.165) is 6.92 Å². The van der Waals surface area contributed by atoms with Crippen LogP contribution in [0.5, 0.6) is 0 Å². The molecular formula is C6H9F2NO4S. The summed E-state index contributed by atoms with van der Waals surface area (Å²) >= 11 is 0. The molecule has 5 nitrogen and oxygen atoms in total. The average Bonchev–Trinajstić information content (AvgIpc) is 2.01. The molecule has 0 rings (SSSR count). The van der Waals surface area contributed by atoms with E-state index in [2.05, 4.69) is 0 Å². The number of carboxylic acids is 1. The quantitative estimate of drug-likeness (QED) is 0.668. The van der Waals surface area contributed by atoms with Crippen molar-refractivity contribution >= 4 is 22.7 Å². The molecule has 0 aliphatic rings. The Morgan fingerprint density at radius 1 is 1.50 bits per heavy atom. The lowest BCUT2D eigenvalue weighted by Gasteiger charge is -2.11. The molecule has 2 N–H and O–H groups in total. The van der Waals surface area contributed by atoms with E-state index in [-0.39, 0.29) is 0 Å². The highest BCUT2D eigenvalue weighted by molar-refractivity contribution is 7.85. The maximum absolute atomic E-state index is 11.8. The molecule has 0 aromatic heterocycles. The fourth-order valence-corrected chi connectivity index (χ4v) is 1.36. The molecule has 14 heavy (non-hydrogen) atoms. The Morgan fingerprint density at radius 2 is 2.00 bits per heavy atom. The normalized spacial score (nSPS) is 14.9. The van der Waals surface area contributed by atoms with E-state index in [1.807, 2.05) is 5.32 Å². The molecule has 1 amide bonds. The summed E-state index contributed by atoms with van der Waals surface area (Å²) in [5.74, 6) is -6.07. The van der Waals surface area contributed by atoms with Crippen LogP contribution in [-0.2, 0) is 20.4 Å². The van der Waals surface area contributed by atoms with Crippen molar-refractivity contribution in [1.29, 1.82) is 0 Å². The maximum Gasteiger partial charge on any atom is 0.327 e. The third-order valence-electron chi connectivity index (χ3n) is 1.21. The molecule has 82 valence electrons. The summed E-state index contributed by atoms with van der Waals surface area (Å²) < 4.78 is 34.2. The zero-order valence-electron chi connectivity index (χ0n) is 7.20. The van der Waals surface area contributed by atoms with Crippen LogP contribution < -0.4 is 5.32 Å². The van der Waals surface area contributed by atoms with E-state index in [9.17, 15) is 22.6 Å². The van der Waals surface area contributed by atoms with Gasteiger partial charge in [-0.3, -0.25) is 9.00 Å². The van der Waals surface area contributed by atoms with Crippen molar-refractivity contribution in [3.63, 3.8) is 0 Å². The van der Waals surface area contributed by atoms with Crippen molar-refractivity contribution < 1.29 is 27.7 Å². The molecule has 0 saturated heterocycles. The highest BCUT2D eigenvalue weighted by atomic mass is 32.2. The number of carboxylic acid groups (broad SMARTS) is 1. The first kappa shape index (κ1) is 12.9. The predicted octanol–water partition coefficient (Wildman–Crippen LogP) is -0.453. The standard InChI is InChI=1S/C6H9F2NO4S/c1-3(10)9-4(5(11)12)2-14(13)6(7)8/h4,6H,2H2,1H3,(H,9,10)(H,11,12)/t4-,14?/m0/s1. The first-order valence-corrected chi connectivity index (χ1v) is 4.88. The molecule has 1 unspecified atom stereocenters. The highest BCUT2D eigenvalue weighted by Gasteiger charge is 2.25. The van der Waals surface area contributed by atoms with Gasteiger partial charge in [0.25, 0.3) is 0 Å². The minimum absolute atomic E-state index is 0.677. The topological polar surface area (TPSA) is 83.5 Å². The summed E-state index contributed by atoms with van der Waals surface area (Å²) in [7, 11) is -2.57. The van der Waals surface area contributed by atoms with Crippen molar-refractivity contribution in [2.24, 2.45) is 0 Å². The van der Waals surface area contributed by atoms with Crippen LogP contribution in [0.25, 0.3) is 0 Å². The van der Waals surface area contributed by atoms with E-state index in [4.69, 9.17) is 5.11 Å². The Balaban J connectivity index is 4.31. The van der Waals surface area contributed by atoms with E-state index in [0.29, 0.717) is 0 Å². The van der Waals surface area contributed by atoms with Crippen molar-refractivity contribution in [3.8, 4) is 0 Å². The lowest BCUT2D eigenvalue weighted by atomic mass is 10.3. The van der Waals surface area contributed by atoms with Crippen molar-refractivity contribution in [2.75, 3.05) is 5.75 Å². The van der Waals surface area contributed by atoms with E-state index in [1.54, 1.807) is 0 Å². The van der Waals surface area contributed by atoms with Gasteiger partial charge in [0.15, 0.2) is 0 Å². The minimum atomic E-state index is -3.11. The fourth-order valence-electron chi connectivity index (χ4n) is 0.657. The van der Waals surface area contributed by atoms with Gasteiger partial charge in [0.05, 0.1) is 16.6 Å². The second-order valence-corrected chi connectivity index (χ2v) is 3.85. The number of hydrogen-bond donors (Lipinski definition) is 2. The minimum Gasteiger partial charge on any atom is -0.480 e. The molecule has 0 spiro atoms. The number of halogens is 2. The first-order valence-electron chi connectivity index (χ1n) is 3.49. The summed E-state index contributed by atoms with van der Waals surface area (Å²) in [4.78, 5) is 20.8. The van der Waals surface area contributed by atoms with Gasteiger partial charge in [0.2, 0.25) is 5.91 Å². The monoisotopic (exact) mass is 229 g/mol. The zero-order chi connectivity index (χ0) is 11.3. The molecule has 0 saturated carbocycles. The van der Waals surface area contributed by atoms with Gasteiger partial charge >= 0.3 is 11.7 Å². The summed E-state index contributed by atoms with van der Waals surface area (Å²) in [5.41, 5.74) is 0. The van der Waals surface area contributed by atoms with Gasteiger partial charge in [-0.2, -0.15) is 8.78 Å². The molecule has 0 aromatic rings. The third-order valence-corrected chi connectivity index (χ3v) is 2.26. The molecule has 0 bridgehead atoms. The highest BCUT2D eigenvalue weighted by Crippen LogP contribution is 2.02. The molecule has 8 heteroatoms. The number of hydrogen-bond acceptors (Lipinski definition) is 3. The second-order valence-electron chi connectivity index (χ2n) is 2.40. The van der Waals surface area contributed by atoms with Crippen molar-refractivity contribution in [3.05, 3.63) is 0 Å². The zero-order valence-corrected chi connectivity index (χ0v) is 8.01. The Labute approximate surface area is 80.9 Å². The molecule has 0 aromatic carbocycles. The molecule has 0 aliphatic heterocycles. The summed E-state index contributed by atoms with van der Waals surface area (Å²) in [6.45, 7) is 1.04. The van der Waals surface area contributed by atoms with Crippen LogP contribution in [0.15, 0.2) is 0 Å². The van der Waals surface area contributed by atoms with E-state index >= 15 is 0 Å². The molecule has 0 aliphatic carbocycles. The van der Waals surface area contributed by atoms with Crippen molar-refractivity contribution in [2.45, 2.75) is 18.7 Å². The Kier molecular flexibility index (Phi) is 5.21. The molecular weight excluding hydrogens is 220 g/mol. The molecule has 2 atom stereocenters. The lowest BCUT2D eigenvalue weighted by molar-refractivity contribution is -0.140. The van der Waals surface area contributed by atoms with Crippen molar-refractivity contribution in [1.82, 2.24) is 5.32 Å². The van der Waals surface area contributed by atoms with Gasteiger partial charge in [0, 0.05) is 6.92 Å². The number of carbonyl (C=O) groups excluding carboxylic acids is 1. The molecule has 0 fully saturated rings. The number of nitrogens with one attached hydrogen (secondary N) is 1. The number of aliphatic carboxylic acids is 1. The van der Waals surface area contributed by atoms with Gasteiger partial charge in [-0.15, -0.1) is 0 Å². The summed E-state index contributed by atoms with van der Waals surface area (Å²) in [5, 5.41) is 10.4. The van der Waals surface area contributed by atoms with Gasteiger partial charge in [-0.25, -0.2) is 4.79 Å². The molecule has 0 heterocycles. The lowest BCUT2D eigenvalue weighted by Crippen LogP contribution is -2.44. The number of carbonyl (C=O) groups is 2. The largest absolute Gasteiger partial charge is 0.480 e. The van der Waals surface area contributed by atoms with Crippen LogP contribution in [0.2, 0.25) is 0 Å². The van der Waals surface area contributed by atoms with E-state index in [1.165, 1.54) is 0 Å². The van der Waals surface area contributed by atoms with Gasteiger partial charge in [0.1, 0.15) is 6.04 Å². The van der Waals surface area contributed by atoms with Gasteiger partial charge < -0.3 is 10.4 Å². The van der Waals surface area contributed by atoms with Crippen LogP contribution in [0.4, 0.5) is 8.78 Å². The predicted molar refractivity (Wildman–Crippen MR) is 44.3 cm³/mol. The summed E-state index contributed by atoms with van der Waals surface area (Å²) in [6.07, 6.45) is 0. The van der Waals surface area contributed by atoms with Crippen LogP contribution in [0.3, 0.4) is 0 Å². The van der Waals surface area contributed by atoms with Crippen LogP contribution in [0.1, 0.15) is 6.92 Å². The van der Waals surface area contributed by atoms with Crippen LogP contribution in [-0.4, -0.2) is 38.7 Å². The smallest absolute Gasteiger partial charge is 0.327 e. The number of rotatable bonds is 5. The number of amides is 1. The summed E-state index contributed by atoms with van der Waals surface area (Å²) in [6, 6.07) is -1.54. The average molecular weight is 229 g/mol. The SMILES string of the molecule is CC(=O)N[C@@H](CS(=O)C(F)F)C(=O)O. The Morgan fingerprint density at radius 3 is 2.29 bits per heavy atom. The van der Waals surface area contributed by atoms with Crippen LogP contribution >= 0.6 is 0 Å².